The fourth-order valence-electron chi connectivity index (χ4n) is 3.35. The lowest BCUT2D eigenvalue weighted by Gasteiger charge is -2.18. The van der Waals surface area contributed by atoms with Gasteiger partial charge in [0.25, 0.3) is 0 Å². The van der Waals surface area contributed by atoms with E-state index in [4.69, 9.17) is 0 Å². The van der Waals surface area contributed by atoms with Gasteiger partial charge in [-0.15, -0.1) is 10.2 Å². The van der Waals surface area contributed by atoms with Gasteiger partial charge in [0.2, 0.25) is 10.0 Å². The van der Waals surface area contributed by atoms with Gasteiger partial charge in [0.05, 0.1) is 25.0 Å². The summed E-state index contributed by atoms with van der Waals surface area (Å²) in [6.07, 6.45) is 7.99. The Balaban J connectivity index is 1.59. The van der Waals surface area contributed by atoms with Crippen LogP contribution in [0.2, 0.25) is 0 Å². The Morgan fingerprint density at radius 1 is 1.15 bits per heavy atom. The molecule has 27 heavy (non-hydrogen) atoms. The minimum atomic E-state index is -3.44. The number of imidazole rings is 1. The van der Waals surface area contributed by atoms with Gasteiger partial charge in [0, 0.05) is 24.8 Å². The largest absolute Gasteiger partial charge is 0.335 e. The lowest BCUT2D eigenvalue weighted by atomic mass is 10.2. The van der Waals surface area contributed by atoms with Crippen LogP contribution in [0.25, 0.3) is 5.69 Å². The Labute approximate surface area is 158 Å². The molecule has 2 aromatic heterocycles. The van der Waals surface area contributed by atoms with E-state index >= 15 is 0 Å². The summed E-state index contributed by atoms with van der Waals surface area (Å²) in [5, 5.41) is 8.10. The van der Waals surface area contributed by atoms with Crippen LogP contribution in [0.15, 0.2) is 42.9 Å². The zero-order valence-corrected chi connectivity index (χ0v) is 16.0. The molecule has 1 aliphatic rings. The quantitative estimate of drug-likeness (QED) is 0.644. The molecule has 0 radical (unpaired) electrons. The first-order chi connectivity index (χ1) is 13.0. The van der Waals surface area contributed by atoms with Crippen molar-refractivity contribution in [3.05, 3.63) is 60.2 Å². The SMILES string of the molecule is CS(=O)(=O)N(Cc1cn2c(n1)CCCC2)Cc1nncn1-c1ccccc1. The van der Waals surface area contributed by atoms with E-state index in [1.54, 1.807) is 10.9 Å². The summed E-state index contributed by atoms with van der Waals surface area (Å²) >= 11 is 0. The number of rotatable bonds is 6. The summed E-state index contributed by atoms with van der Waals surface area (Å²) in [5.74, 6) is 1.60. The number of benzene rings is 1. The topological polar surface area (TPSA) is 85.9 Å². The average molecular weight is 386 g/mol. The van der Waals surface area contributed by atoms with Crippen molar-refractivity contribution < 1.29 is 8.42 Å². The molecule has 9 heteroatoms. The van der Waals surface area contributed by atoms with Crippen LogP contribution < -0.4 is 0 Å². The van der Waals surface area contributed by atoms with Gasteiger partial charge < -0.3 is 4.57 Å². The Morgan fingerprint density at radius 3 is 2.70 bits per heavy atom. The fraction of sp³-hybridized carbons (Fsp3) is 0.389. The smallest absolute Gasteiger partial charge is 0.211 e. The normalized spacial score (nSPS) is 14.4. The van der Waals surface area contributed by atoms with Crippen LogP contribution in [0.5, 0.6) is 0 Å². The van der Waals surface area contributed by atoms with E-state index in [1.807, 2.05) is 36.5 Å². The summed E-state index contributed by atoms with van der Waals surface area (Å²) in [4.78, 5) is 4.63. The second kappa shape index (κ2) is 7.24. The predicted molar refractivity (Wildman–Crippen MR) is 101 cm³/mol. The van der Waals surface area contributed by atoms with Crippen LogP contribution in [0, 0.1) is 0 Å². The number of nitrogens with zero attached hydrogens (tertiary/aromatic N) is 6. The van der Waals surface area contributed by atoms with Gasteiger partial charge >= 0.3 is 0 Å². The zero-order valence-electron chi connectivity index (χ0n) is 15.2. The molecule has 0 spiro atoms. The molecule has 0 bridgehead atoms. The van der Waals surface area contributed by atoms with Gasteiger partial charge in [0.15, 0.2) is 5.82 Å². The van der Waals surface area contributed by atoms with Crippen molar-refractivity contribution in [2.45, 2.75) is 38.9 Å². The standard InChI is InChI=1S/C18H22N6O2S/c1-27(25,26)23(12-15-11-22-10-6-5-9-17(22)20-15)13-18-21-19-14-24(18)16-7-3-2-4-8-16/h2-4,7-8,11,14H,5-6,9-10,12-13H2,1H3. The van der Waals surface area contributed by atoms with Gasteiger partial charge in [-0.1, -0.05) is 18.2 Å². The minimum absolute atomic E-state index is 0.135. The Hall–Kier alpha value is -2.52. The predicted octanol–water partition coefficient (Wildman–Crippen LogP) is 1.76. The highest BCUT2D eigenvalue weighted by Crippen LogP contribution is 2.18. The molecule has 0 atom stereocenters. The molecular formula is C18H22N6O2S. The number of aromatic nitrogens is 5. The number of sulfonamides is 1. The Morgan fingerprint density at radius 2 is 1.96 bits per heavy atom. The maximum Gasteiger partial charge on any atom is 0.211 e. The third kappa shape index (κ3) is 3.93. The van der Waals surface area contributed by atoms with E-state index < -0.39 is 10.0 Å². The van der Waals surface area contributed by atoms with E-state index in [0.717, 1.165) is 43.0 Å². The molecule has 4 rings (SSSR count). The molecular weight excluding hydrogens is 364 g/mol. The van der Waals surface area contributed by atoms with Crippen LogP contribution in [0.3, 0.4) is 0 Å². The lowest BCUT2D eigenvalue weighted by Crippen LogP contribution is -2.30. The first-order valence-electron chi connectivity index (χ1n) is 8.95. The highest BCUT2D eigenvalue weighted by atomic mass is 32.2. The molecule has 0 fully saturated rings. The zero-order chi connectivity index (χ0) is 18.9. The number of aryl methyl sites for hydroxylation is 2. The van der Waals surface area contributed by atoms with E-state index in [9.17, 15) is 8.42 Å². The molecule has 3 heterocycles. The summed E-state index contributed by atoms with van der Waals surface area (Å²) in [6.45, 7) is 1.31. The van der Waals surface area contributed by atoms with Gasteiger partial charge in [-0.2, -0.15) is 4.31 Å². The first-order valence-corrected chi connectivity index (χ1v) is 10.8. The van der Waals surface area contributed by atoms with Crippen molar-refractivity contribution >= 4 is 10.0 Å². The minimum Gasteiger partial charge on any atom is -0.335 e. The van der Waals surface area contributed by atoms with Gasteiger partial charge in [-0.25, -0.2) is 13.4 Å². The molecule has 142 valence electrons. The number of hydrogen-bond acceptors (Lipinski definition) is 5. The summed E-state index contributed by atoms with van der Waals surface area (Å²) < 4.78 is 30.1. The van der Waals surface area contributed by atoms with Crippen LogP contribution in [0.1, 0.15) is 30.2 Å². The third-order valence-corrected chi connectivity index (χ3v) is 5.93. The number of para-hydroxylation sites is 1. The second-order valence-electron chi connectivity index (χ2n) is 6.78. The second-order valence-corrected chi connectivity index (χ2v) is 8.77. The monoisotopic (exact) mass is 386 g/mol. The summed E-state index contributed by atoms with van der Waals surface area (Å²) in [5.41, 5.74) is 1.66. The molecule has 0 saturated carbocycles. The molecule has 8 nitrogen and oxygen atoms in total. The number of fused-ring (bicyclic) bond motifs is 1. The van der Waals surface area contributed by atoms with Crippen molar-refractivity contribution in [1.29, 1.82) is 0 Å². The highest BCUT2D eigenvalue weighted by molar-refractivity contribution is 7.88. The average Bonchev–Trinajstić information content (AvgIpc) is 3.27. The number of hydrogen-bond donors (Lipinski definition) is 0. The fourth-order valence-corrected chi connectivity index (χ4v) is 4.06. The van der Waals surface area contributed by atoms with E-state index in [-0.39, 0.29) is 13.1 Å². The maximum absolute atomic E-state index is 12.4. The van der Waals surface area contributed by atoms with Crippen LogP contribution >= 0.6 is 0 Å². The first kappa shape index (κ1) is 17.9. The molecule has 0 N–H and O–H groups in total. The van der Waals surface area contributed by atoms with Crippen LogP contribution in [0.4, 0.5) is 0 Å². The third-order valence-electron chi connectivity index (χ3n) is 4.74. The van der Waals surface area contributed by atoms with E-state index in [2.05, 4.69) is 19.7 Å². The molecule has 0 saturated heterocycles. The van der Waals surface area contributed by atoms with Crippen molar-refractivity contribution in [1.82, 2.24) is 28.6 Å². The van der Waals surface area contributed by atoms with E-state index in [0.29, 0.717) is 5.82 Å². The molecule has 3 aromatic rings. The van der Waals surface area contributed by atoms with Crippen LogP contribution in [-0.4, -0.2) is 43.3 Å². The van der Waals surface area contributed by atoms with Gasteiger partial charge in [-0.05, 0) is 25.0 Å². The van der Waals surface area contributed by atoms with Gasteiger partial charge in [-0.3, -0.25) is 4.57 Å². The van der Waals surface area contributed by atoms with Crippen molar-refractivity contribution in [2.75, 3.05) is 6.26 Å². The Bertz CT molecular complexity index is 1000. The summed E-state index contributed by atoms with van der Waals surface area (Å²) in [7, 11) is -3.44. The molecule has 0 unspecified atom stereocenters. The molecule has 1 aliphatic heterocycles. The van der Waals surface area contributed by atoms with Crippen molar-refractivity contribution in [3.8, 4) is 5.69 Å². The highest BCUT2D eigenvalue weighted by Gasteiger charge is 2.23. The van der Waals surface area contributed by atoms with Gasteiger partial charge in [0.1, 0.15) is 12.2 Å². The van der Waals surface area contributed by atoms with Crippen molar-refractivity contribution in [2.24, 2.45) is 0 Å². The lowest BCUT2D eigenvalue weighted by molar-refractivity contribution is 0.389. The molecule has 1 aromatic carbocycles. The van der Waals surface area contributed by atoms with Crippen molar-refractivity contribution in [3.63, 3.8) is 0 Å². The molecule has 0 amide bonds. The van der Waals surface area contributed by atoms with E-state index in [1.165, 1.54) is 10.6 Å². The maximum atomic E-state index is 12.4. The summed E-state index contributed by atoms with van der Waals surface area (Å²) in [6, 6.07) is 9.63. The Kier molecular flexibility index (Phi) is 4.79. The molecule has 0 aliphatic carbocycles. The van der Waals surface area contributed by atoms with Crippen LogP contribution in [-0.2, 0) is 36.1 Å².